The van der Waals surface area contributed by atoms with Crippen LogP contribution in [0, 0.1) is 16.7 Å². The van der Waals surface area contributed by atoms with Crippen molar-refractivity contribution >= 4 is 0 Å². The lowest BCUT2D eigenvalue weighted by Gasteiger charge is -2.45. The first-order chi connectivity index (χ1) is 9.60. The number of hydrogen-bond donors (Lipinski definition) is 1. The molecule has 1 atom stereocenters. The zero-order chi connectivity index (χ0) is 15.8. The summed E-state index contributed by atoms with van der Waals surface area (Å²) in [6, 6.07) is 0.625. The molecule has 2 rings (SSSR count). The van der Waals surface area contributed by atoms with Gasteiger partial charge in [0.25, 0.3) is 0 Å². The third-order valence-corrected chi connectivity index (χ3v) is 4.73. The molecule has 3 nitrogen and oxygen atoms in total. The molecule has 1 saturated carbocycles. The van der Waals surface area contributed by atoms with Gasteiger partial charge in [0.2, 0.25) is 0 Å². The molecule has 0 aromatic carbocycles. The van der Waals surface area contributed by atoms with Crippen molar-refractivity contribution in [1.29, 1.82) is 0 Å². The lowest BCUT2D eigenvalue weighted by Crippen LogP contribution is -2.36. The monoisotopic (exact) mass is 291 g/mol. The second-order valence-corrected chi connectivity index (χ2v) is 9.03. The summed E-state index contributed by atoms with van der Waals surface area (Å²) in [5.41, 5.74) is 8.40. The fourth-order valence-corrected chi connectivity index (χ4v) is 4.52. The van der Waals surface area contributed by atoms with E-state index in [-0.39, 0.29) is 6.04 Å². The molecule has 0 radical (unpaired) electrons. The number of imidazole rings is 1. The summed E-state index contributed by atoms with van der Waals surface area (Å²) >= 11 is 0. The molecule has 1 aliphatic rings. The Bertz CT molecular complexity index is 455. The second kappa shape index (κ2) is 5.75. The maximum atomic E-state index is 6.42. The highest BCUT2D eigenvalue weighted by molar-refractivity contribution is 5.08. The Labute approximate surface area is 130 Å². The van der Waals surface area contributed by atoms with Gasteiger partial charge in [0.15, 0.2) is 0 Å². The normalized spacial score (nSPS) is 23.4. The Balaban J connectivity index is 2.24. The van der Waals surface area contributed by atoms with Crippen LogP contribution >= 0.6 is 0 Å². The number of aromatic nitrogens is 2. The molecule has 0 saturated heterocycles. The van der Waals surface area contributed by atoms with Crippen molar-refractivity contribution in [2.24, 2.45) is 22.5 Å². The van der Waals surface area contributed by atoms with Crippen LogP contribution in [0.4, 0.5) is 0 Å². The molecule has 1 fully saturated rings. The minimum absolute atomic E-state index is 0.0978. The summed E-state index contributed by atoms with van der Waals surface area (Å²) in [6.07, 6.45) is 8.71. The quantitative estimate of drug-likeness (QED) is 0.873. The molecule has 2 N–H and O–H groups in total. The summed E-state index contributed by atoms with van der Waals surface area (Å²) < 4.78 is 2.37. The van der Waals surface area contributed by atoms with Crippen molar-refractivity contribution in [3.63, 3.8) is 0 Å². The molecule has 0 aliphatic heterocycles. The van der Waals surface area contributed by atoms with Crippen molar-refractivity contribution in [2.75, 3.05) is 0 Å². The molecular formula is C18H33N3. The lowest BCUT2D eigenvalue weighted by atomic mass is 9.63. The average molecular weight is 291 g/mol. The smallest absolute Gasteiger partial charge is 0.0951 e. The highest BCUT2D eigenvalue weighted by atomic mass is 15.1. The van der Waals surface area contributed by atoms with E-state index in [0.717, 1.165) is 6.42 Å². The van der Waals surface area contributed by atoms with Gasteiger partial charge in [-0.2, -0.15) is 0 Å². The first-order valence-electron chi connectivity index (χ1n) is 8.37. The van der Waals surface area contributed by atoms with E-state index < -0.39 is 0 Å². The van der Waals surface area contributed by atoms with E-state index in [1.807, 2.05) is 12.5 Å². The van der Waals surface area contributed by atoms with Gasteiger partial charge in [-0.05, 0) is 42.4 Å². The van der Waals surface area contributed by atoms with E-state index in [2.05, 4.69) is 51.1 Å². The highest BCUT2D eigenvalue weighted by Gasteiger charge is 2.39. The van der Waals surface area contributed by atoms with Crippen molar-refractivity contribution in [1.82, 2.24) is 9.55 Å². The highest BCUT2D eigenvalue weighted by Crippen LogP contribution is 2.50. The van der Waals surface area contributed by atoms with Crippen LogP contribution in [0.2, 0.25) is 0 Å². The first-order valence-corrected chi connectivity index (χ1v) is 8.37. The van der Waals surface area contributed by atoms with E-state index in [1.54, 1.807) is 0 Å². The van der Waals surface area contributed by atoms with Crippen LogP contribution < -0.4 is 5.73 Å². The molecule has 0 bridgehead atoms. The second-order valence-electron chi connectivity index (χ2n) is 9.03. The van der Waals surface area contributed by atoms with Crippen LogP contribution in [-0.4, -0.2) is 9.55 Å². The molecule has 1 aromatic rings. The van der Waals surface area contributed by atoms with Gasteiger partial charge in [-0.3, -0.25) is 0 Å². The number of nitrogens with zero attached hydrogens (tertiary/aromatic N) is 2. The Morgan fingerprint density at radius 3 is 2.33 bits per heavy atom. The summed E-state index contributed by atoms with van der Waals surface area (Å²) in [6.45, 7) is 14.0. The minimum atomic E-state index is 0.0978. The molecule has 0 amide bonds. The number of nitrogens with two attached hydrogens (primary N) is 1. The maximum absolute atomic E-state index is 6.42. The fourth-order valence-electron chi connectivity index (χ4n) is 4.52. The Hall–Kier alpha value is -0.830. The third kappa shape index (κ3) is 4.09. The van der Waals surface area contributed by atoms with Gasteiger partial charge in [-0.1, -0.05) is 41.5 Å². The molecular weight excluding hydrogens is 258 g/mol. The Kier molecular flexibility index (Phi) is 4.53. The zero-order valence-corrected chi connectivity index (χ0v) is 14.7. The van der Waals surface area contributed by atoms with Gasteiger partial charge in [0.1, 0.15) is 0 Å². The summed E-state index contributed by atoms with van der Waals surface area (Å²) in [7, 11) is 0. The molecule has 0 spiro atoms. The molecule has 1 aliphatic carbocycles. The van der Waals surface area contributed by atoms with E-state index in [9.17, 15) is 0 Å². The van der Waals surface area contributed by atoms with E-state index in [4.69, 9.17) is 5.73 Å². The standard InChI is InChI=1S/C18H33N3/c1-13(2)7-15(19)16-10-20-12-21(16)14-8-17(3,4)11-18(5,6)9-14/h10,12-15H,7-9,11,19H2,1-6H3. The van der Waals surface area contributed by atoms with Crippen LogP contribution in [0.3, 0.4) is 0 Å². The van der Waals surface area contributed by atoms with Gasteiger partial charge < -0.3 is 10.3 Å². The van der Waals surface area contributed by atoms with Crippen LogP contribution in [0.15, 0.2) is 12.5 Å². The zero-order valence-electron chi connectivity index (χ0n) is 14.7. The van der Waals surface area contributed by atoms with E-state index in [1.165, 1.54) is 25.0 Å². The van der Waals surface area contributed by atoms with Crippen LogP contribution in [0.25, 0.3) is 0 Å². The number of rotatable bonds is 4. The molecule has 1 aromatic heterocycles. The summed E-state index contributed by atoms with van der Waals surface area (Å²) in [4.78, 5) is 4.40. The molecule has 1 unspecified atom stereocenters. The van der Waals surface area contributed by atoms with Crippen molar-refractivity contribution < 1.29 is 0 Å². The molecule has 3 heteroatoms. The third-order valence-electron chi connectivity index (χ3n) is 4.73. The molecule has 1 heterocycles. The number of hydrogen-bond acceptors (Lipinski definition) is 2. The van der Waals surface area contributed by atoms with Crippen LogP contribution in [0.5, 0.6) is 0 Å². The van der Waals surface area contributed by atoms with Crippen LogP contribution in [0.1, 0.15) is 85.0 Å². The van der Waals surface area contributed by atoms with Gasteiger partial charge in [0, 0.05) is 18.3 Å². The van der Waals surface area contributed by atoms with Crippen molar-refractivity contribution in [3.05, 3.63) is 18.2 Å². The topological polar surface area (TPSA) is 43.8 Å². The fraction of sp³-hybridized carbons (Fsp3) is 0.833. The van der Waals surface area contributed by atoms with Gasteiger partial charge in [-0.25, -0.2) is 4.98 Å². The van der Waals surface area contributed by atoms with Crippen molar-refractivity contribution in [2.45, 2.75) is 79.3 Å². The van der Waals surface area contributed by atoms with Crippen molar-refractivity contribution in [3.8, 4) is 0 Å². The van der Waals surface area contributed by atoms with Crippen LogP contribution in [-0.2, 0) is 0 Å². The molecule has 21 heavy (non-hydrogen) atoms. The maximum Gasteiger partial charge on any atom is 0.0951 e. The predicted octanol–water partition coefficient (Wildman–Crippen LogP) is 4.71. The summed E-state index contributed by atoms with van der Waals surface area (Å²) in [5.74, 6) is 0.614. The predicted molar refractivity (Wildman–Crippen MR) is 89.1 cm³/mol. The van der Waals surface area contributed by atoms with E-state index in [0.29, 0.717) is 22.8 Å². The minimum Gasteiger partial charge on any atom is -0.330 e. The SMILES string of the molecule is CC(C)CC(N)c1cncn1C1CC(C)(C)CC(C)(C)C1. The van der Waals surface area contributed by atoms with E-state index >= 15 is 0 Å². The Morgan fingerprint density at radius 2 is 1.81 bits per heavy atom. The average Bonchev–Trinajstić information content (AvgIpc) is 2.71. The van der Waals surface area contributed by atoms with Gasteiger partial charge in [0.05, 0.1) is 12.0 Å². The van der Waals surface area contributed by atoms with Gasteiger partial charge >= 0.3 is 0 Å². The molecule has 120 valence electrons. The first kappa shape index (κ1) is 16.5. The largest absolute Gasteiger partial charge is 0.330 e. The van der Waals surface area contributed by atoms with Gasteiger partial charge in [-0.15, -0.1) is 0 Å². The Morgan fingerprint density at radius 1 is 1.24 bits per heavy atom. The summed E-state index contributed by atoms with van der Waals surface area (Å²) in [5, 5.41) is 0. The lowest BCUT2D eigenvalue weighted by molar-refractivity contribution is 0.0707.